The van der Waals surface area contributed by atoms with Crippen molar-refractivity contribution >= 4 is 17.2 Å². The summed E-state index contributed by atoms with van der Waals surface area (Å²) < 4.78 is 5.92. The number of ether oxygens (including phenoxy) is 1. The molecule has 2 N–H and O–H groups in total. The fraction of sp³-hybridized carbons (Fsp3) is 0.500. The molecular weight excluding hydrogens is 230 g/mol. The molecule has 17 heavy (non-hydrogen) atoms. The van der Waals surface area contributed by atoms with Gasteiger partial charge in [0.25, 0.3) is 0 Å². The van der Waals surface area contributed by atoms with Crippen molar-refractivity contribution in [3.8, 4) is 5.75 Å². The highest BCUT2D eigenvalue weighted by Gasteiger charge is 2.18. The fourth-order valence-corrected chi connectivity index (χ4v) is 2.30. The van der Waals surface area contributed by atoms with Crippen LogP contribution in [0.3, 0.4) is 0 Å². The highest BCUT2D eigenvalue weighted by molar-refractivity contribution is 7.80. The Morgan fingerprint density at radius 3 is 2.35 bits per heavy atom. The number of rotatable bonds is 4. The summed E-state index contributed by atoms with van der Waals surface area (Å²) in [6, 6.07) is 4.01. The predicted octanol–water partition coefficient (Wildman–Crippen LogP) is 3.12. The second-order valence-corrected chi connectivity index (χ2v) is 5.35. The lowest BCUT2D eigenvalue weighted by atomic mass is 9.86. The zero-order chi connectivity index (χ0) is 12.4. The number of hydrogen-bond acceptors (Lipinski definition) is 2. The van der Waals surface area contributed by atoms with Gasteiger partial charge in [-0.3, -0.25) is 0 Å². The van der Waals surface area contributed by atoms with E-state index < -0.39 is 0 Å². The number of thiocarbonyl (C=S) groups is 1. The molecule has 1 aliphatic rings. The number of hydrogen-bond donors (Lipinski definition) is 1. The van der Waals surface area contributed by atoms with Crippen LogP contribution in [0.4, 0.5) is 0 Å². The molecule has 0 atom stereocenters. The molecule has 1 aliphatic carbocycles. The molecule has 0 aromatic heterocycles. The first kappa shape index (κ1) is 12.4. The van der Waals surface area contributed by atoms with Crippen LogP contribution < -0.4 is 10.5 Å². The predicted molar refractivity (Wildman–Crippen MR) is 74.6 cm³/mol. The summed E-state index contributed by atoms with van der Waals surface area (Å²) in [5.74, 6) is 1.75. The average molecular weight is 249 g/mol. The Balaban J connectivity index is 2.12. The maximum Gasteiger partial charge on any atom is 0.125 e. The van der Waals surface area contributed by atoms with Gasteiger partial charge >= 0.3 is 0 Å². The average Bonchev–Trinajstić information content (AvgIpc) is 2.18. The molecule has 92 valence electrons. The Bertz CT molecular complexity index is 415. The molecule has 1 aromatic rings. The molecule has 1 fully saturated rings. The summed E-state index contributed by atoms with van der Waals surface area (Å²) in [6.07, 6.45) is 3.97. The van der Waals surface area contributed by atoms with Crippen LogP contribution in [-0.4, -0.2) is 11.6 Å². The summed E-state index contributed by atoms with van der Waals surface area (Å²) in [7, 11) is 0. The van der Waals surface area contributed by atoms with Crippen LogP contribution in [0.15, 0.2) is 12.1 Å². The van der Waals surface area contributed by atoms with Crippen molar-refractivity contribution in [1.29, 1.82) is 0 Å². The third-order valence-electron chi connectivity index (χ3n) is 3.43. The molecule has 0 saturated heterocycles. The molecule has 0 bridgehead atoms. The van der Waals surface area contributed by atoms with Gasteiger partial charge in [0.05, 0.1) is 6.61 Å². The standard InChI is InChI=1S/C14H19NOS/c1-9-6-12(14(15)17)7-10(2)13(9)16-8-11-4-3-5-11/h6-7,11H,3-5,8H2,1-2H3,(H2,15,17). The maximum atomic E-state index is 5.92. The van der Waals surface area contributed by atoms with Crippen molar-refractivity contribution in [1.82, 2.24) is 0 Å². The molecule has 0 unspecified atom stereocenters. The van der Waals surface area contributed by atoms with Crippen molar-refractivity contribution in [3.05, 3.63) is 28.8 Å². The lowest BCUT2D eigenvalue weighted by Crippen LogP contribution is -2.20. The molecule has 0 aliphatic heterocycles. The minimum atomic E-state index is 0.446. The van der Waals surface area contributed by atoms with E-state index in [0.717, 1.165) is 35.0 Å². The maximum absolute atomic E-state index is 5.92. The number of benzene rings is 1. The summed E-state index contributed by atoms with van der Waals surface area (Å²) in [6.45, 7) is 4.93. The van der Waals surface area contributed by atoms with Crippen molar-refractivity contribution < 1.29 is 4.74 Å². The van der Waals surface area contributed by atoms with E-state index in [1.54, 1.807) is 0 Å². The summed E-state index contributed by atoms with van der Waals surface area (Å²) in [5.41, 5.74) is 8.80. The molecular formula is C14H19NOS. The molecule has 1 saturated carbocycles. The zero-order valence-corrected chi connectivity index (χ0v) is 11.3. The quantitative estimate of drug-likeness (QED) is 0.833. The highest BCUT2D eigenvalue weighted by atomic mass is 32.1. The van der Waals surface area contributed by atoms with E-state index in [2.05, 4.69) is 0 Å². The van der Waals surface area contributed by atoms with Gasteiger partial charge in [-0.05, 0) is 55.9 Å². The first-order valence-corrected chi connectivity index (χ1v) is 6.52. The van der Waals surface area contributed by atoms with Gasteiger partial charge in [0.1, 0.15) is 10.7 Å². The van der Waals surface area contributed by atoms with Crippen LogP contribution in [0.5, 0.6) is 5.75 Å². The monoisotopic (exact) mass is 249 g/mol. The Labute approximate surface area is 108 Å². The molecule has 2 rings (SSSR count). The SMILES string of the molecule is Cc1cc(C(N)=S)cc(C)c1OCC1CCC1. The second-order valence-electron chi connectivity index (χ2n) is 4.91. The third kappa shape index (κ3) is 2.78. The molecule has 0 amide bonds. The van der Waals surface area contributed by atoms with Gasteiger partial charge in [-0.25, -0.2) is 0 Å². The first-order chi connectivity index (χ1) is 8.08. The summed E-state index contributed by atoms with van der Waals surface area (Å²) in [5, 5.41) is 0. The number of nitrogens with two attached hydrogens (primary N) is 1. The van der Waals surface area contributed by atoms with Crippen LogP contribution in [0, 0.1) is 19.8 Å². The van der Waals surface area contributed by atoms with E-state index in [9.17, 15) is 0 Å². The van der Waals surface area contributed by atoms with Gasteiger partial charge < -0.3 is 10.5 Å². The van der Waals surface area contributed by atoms with Crippen LogP contribution in [0.2, 0.25) is 0 Å². The Morgan fingerprint density at radius 2 is 1.94 bits per heavy atom. The molecule has 1 aromatic carbocycles. The van der Waals surface area contributed by atoms with Crippen LogP contribution >= 0.6 is 12.2 Å². The Morgan fingerprint density at radius 1 is 1.35 bits per heavy atom. The molecule has 0 heterocycles. The van der Waals surface area contributed by atoms with Gasteiger partial charge in [0.2, 0.25) is 0 Å². The van der Waals surface area contributed by atoms with Gasteiger partial charge in [-0.2, -0.15) is 0 Å². The van der Waals surface area contributed by atoms with Crippen LogP contribution in [0.1, 0.15) is 36.0 Å². The van der Waals surface area contributed by atoms with Gasteiger partial charge in [0.15, 0.2) is 0 Å². The Hall–Kier alpha value is -1.09. The van der Waals surface area contributed by atoms with Crippen LogP contribution in [0.25, 0.3) is 0 Å². The minimum Gasteiger partial charge on any atom is -0.493 e. The fourth-order valence-electron chi connectivity index (χ4n) is 2.18. The highest BCUT2D eigenvalue weighted by Crippen LogP contribution is 2.30. The van der Waals surface area contributed by atoms with Crippen LogP contribution in [-0.2, 0) is 0 Å². The topological polar surface area (TPSA) is 35.2 Å². The van der Waals surface area contributed by atoms with E-state index in [1.165, 1.54) is 19.3 Å². The zero-order valence-electron chi connectivity index (χ0n) is 10.5. The Kier molecular flexibility index (Phi) is 3.67. The lowest BCUT2D eigenvalue weighted by molar-refractivity contribution is 0.179. The van der Waals surface area contributed by atoms with Crippen molar-refractivity contribution in [3.63, 3.8) is 0 Å². The van der Waals surface area contributed by atoms with Gasteiger partial charge in [-0.1, -0.05) is 18.6 Å². The van der Waals surface area contributed by atoms with Crippen molar-refractivity contribution in [2.45, 2.75) is 33.1 Å². The lowest BCUT2D eigenvalue weighted by Gasteiger charge is -2.26. The van der Waals surface area contributed by atoms with Crippen molar-refractivity contribution in [2.24, 2.45) is 11.7 Å². The first-order valence-electron chi connectivity index (χ1n) is 6.12. The molecule has 0 spiro atoms. The van der Waals surface area contributed by atoms with E-state index in [1.807, 2.05) is 26.0 Å². The summed E-state index contributed by atoms with van der Waals surface area (Å²) in [4.78, 5) is 0.446. The largest absolute Gasteiger partial charge is 0.493 e. The molecule has 3 heteroatoms. The number of aryl methyl sites for hydroxylation is 2. The van der Waals surface area contributed by atoms with E-state index in [0.29, 0.717) is 4.99 Å². The van der Waals surface area contributed by atoms with Crippen molar-refractivity contribution in [2.75, 3.05) is 6.61 Å². The molecule has 0 radical (unpaired) electrons. The van der Waals surface area contributed by atoms with E-state index in [4.69, 9.17) is 22.7 Å². The smallest absolute Gasteiger partial charge is 0.125 e. The summed E-state index contributed by atoms with van der Waals surface area (Å²) >= 11 is 5.00. The molecule has 2 nitrogen and oxygen atoms in total. The minimum absolute atomic E-state index is 0.446. The van der Waals surface area contributed by atoms with E-state index >= 15 is 0 Å². The second kappa shape index (κ2) is 5.05. The third-order valence-corrected chi connectivity index (χ3v) is 3.67. The van der Waals surface area contributed by atoms with Gasteiger partial charge in [-0.15, -0.1) is 0 Å². The van der Waals surface area contributed by atoms with Gasteiger partial charge in [0, 0.05) is 5.56 Å². The van der Waals surface area contributed by atoms with E-state index in [-0.39, 0.29) is 0 Å². The normalized spacial score (nSPS) is 15.4.